The van der Waals surface area contributed by atoms with Crippen molar-refractivity contribution in [2.75, 3.05) is 19.8 Å². The number of carbonyl (C=O) groups excluding carboxylic acids is 1. The Morgan fingerprint density at radius 3 is 2.38 bits per heavy atom. The third-order valence-electron chi connectivity index (χ3n) is 4.08. The van der Waals surface area contributed by atoms with E-state index in [4.69, 9.17) is 9.47 Å². The topological polar surface area (TPSA) is 55.8 Å². The summed E-state index contributed by atoms with van der Waals surface area (Å²) in [5.74, 6) is -0.217. The molecule has 0 atom stereocenters. The normalized spacial score (nSPS) is 26.9. The summed E-state index contributed by atoms with van der Waals surface area (Å²) in [7, 11) is 0. The van der Waals surface area contributed by atoms with Gasteiger partial charge in [-0.05, 0) is 19.8 Å². The standard InChI is InChI=1S/C12H20O4/c1-2-16-10(13)11(4-3-5-11)12(14)6-8-15-9-7-12/h14H,2-9H2,1H3. The average Bonchev–Trinajstić information content (AvgIpc) is 2.16. The van der Waals surface area contributed by atoms with Crippen molar-refractivity contribution >= 4 is 5.97 Å². The van der Waals surface area contributed by atoms with Crippen LogP contribution in [0.2, 0.25) is 0 Å². The number of hydrogen-bond donors (Lipinski definition) is 1. The van der Waals surface area contributed by atoms with E-state index in [1.807, 2.05) is 0 Å². The minimum atomic E-state index is -0.907. The van der Waals surface area contributed by atoms with Crippen LogP contribution < -0.4 is 0 Å². The first kappa shape index (κ1) is 11.9. The summed E-state index contributed by atoms with van der Waals surface area (Å²) in [6, 6.07) is 0. The van der Waals surface area contributed by atoms with Gasteiger partial charge in [0.2, 0.25) is 0 Å². The second kappa shape index (κ2) is 4.34. The third-order valence-corrected chi connectivity index (χ3v) is 4.08. The highest BCUT2D eigenvalue weighted by Crippen LogP contribution is 2.53. The summed E-state index contributed by atoms with van der Waals surface area (Å²) in [6.45, 7) is 3.26. The molecule has 16 heavy (non-hydrogen) atoms. The molecule has 4 nitrogen and oxygen atoms in total. The van der Waals surface area contributed by atoms with E-state index in [1.165, 1.54) is 0 Å². The zero-order chi connectivity index (χ0) is 11.6. The van der Waals surface area contributed by atoms with Crippen LogP contribution in [0, 0.1) is 5.41 Å². The lowest BCUT2D eigenvalue weighted by Gasteiger charge is -2.52. The van der Waals surface area contributed by atoms with Gasteiger partial charge in [-0.25, -0.2) is 0 Å². The lowest BCUT2D eigenvalue weighted by molar-refractivity contribution is -0.205. The second-order valence-electron chi connectivity index (χ2n) is 4.80. The molecular weight excluding hydrogens is 208 g/mol. The zero-order valence-electron chi connectivity index (χ0n) is 9.83. The Labute approximate surface area is 95.9 Å². The number of rotatable bonds is 3. The van der Waals surface area contributed by atoms with Gasteiger partial charge in [-0.2, -0.15) is 0 Å². The number of carbonyl (C=O) groups is 1. The van der Waals surface area contributed by atoms with Crippen molar-refractivity contribution in [2.45, 2.75) is 44.6 Å². The molecule has 0 spiro atoms. The zero-order valence-corrected chi connectivity index (χ0v) is 9.83. The molecule has 0 aromatic rings. The molecule has 0 bridgehead atoms. The average molecular weight is 228 g/mol. The minimum Gasteiger partial charge on any atom is -0.465 e. The Balaban J connectivity index is 2.16. The molecule has 4 heteroatoms. The van der Waals surface area contributed by atoms with Gasteiger partial charge in [0.1, 0.15) is 0 Å². The summed E-state index contributed by atoms with van der Waals surface area (Å²) >= 11 is 0. The van der Waals surface area contributed by atoms with Gasteiger partial charge in [-0.15, -0.1) is 0 Å². The van der Waals surface area contributed by atoms with Crippen LogP contribution in [0.5, 0.6) is 0 Å². The molecule has 0 radical (unpaired) electrons. The molecule has 0 unspecified atom stereocenters. The first-order valence-electron chi connectivity index (χ1n) is 6.12. The predicted octanol–water partition coefficient (Wildman–Crippen LogP) is 1.26. The molecule has 1 saturated carbocycles. The van der Waals surface area contributed by atoms with Crippen LogP contribution >= 0.6 is 0 Å². The molecule has 1 heterocycles. The molecule has 92 valence electrons. The Morgan fingerprint density at radius 1 is 1.31 bits per heavy atom. The fraction of sp³-hybridized carbons (Fsp3) is 0.917. The van der Waals surface area contributed by atoms with Crippen molar-refractivity contribution < 1.29 is 19.4 Å². The van der Waals surface area contributed by atoms with Crippen LogP contribution in [0.1, 0.15) is 39.0 Å². The maximum Gasteiger partial charge on any atom is 0.315 e. The van der Waals surface area contributed by atoms with Crippen molar-refractivity contribution in [2.24, 2.45) is 5.41 Å². The highest BCUT2D eigenvalue weighted by Gasteiger charge is 2.60. The lowest BCUT2D eigenvalue weighted by atomic mass is 9.56. The summed E-state index contributed by atoms with van der Waals surface area (Å²) in [6.07, 6.45) is 3.60. The van der Waals surface area contributed by atoms with Crippen molar-refractivity contribution in [1.82, 2.24) is 0 Å². The summed E-state index contributed by atoms with van der Waals surface area (Å²) in [5.41, 5.74) is -1.55. The van der Waals surface area contributed by atoms with E-state index in [9.17, 15) is 9.90 Å². The van der Waals surface area contributed by atoms with Crippen LogP contribution in [-0.4, -0.2) is 36.5 Å². The van der Waals surface area contributed by atoms with Crippen molar-refractivity contribution in [1.29, 1.82) is 0 Å². The highest BCUT2D eigenvalue weighted by molar-refractivity contribution is 5.79. The van der Waals surface area contributed by atoms with Crippen LogP contribution in [-0.2, 0) is 14.3 Å². The molecular formula is C12H20O4. The number of ether oxygens (including phenoxy) is 2. The van der Waals surface area contributed by atoms with Gasteiger partial charge in [0.25, 0.3) is 0 Å². The Morgan fingerprint density at radius 2 is 1.94 bits per heavy atom. The first-order valence-corrected chi connectivity index (χ1v) is 6.12. The van der Waals surface area contributed by atoms with E-state index in [0.29, 0.717) is 32.7 Å². The van der Waals surface area contributed by atoms with E-state index >= 15 is 0 Å². The molecule has 0 aromatic carbocycles. The SMILES string of the molecule is CCOC(=O)C1(C2(O)CCOCC2)CCC1. The predicted molar refractivity (Wildman–Crippen MR) is 57.9 cm³/mol. The summed E-state index contributed by atoms with van der Waals surface area (Å²) in [5, 5.41) is 10.7. The number of esters is 1. The second-order valence-corrected chi connectivity index (χ2v) is 4.80. The Bertz CT molecular complexity index is 264. The molecule has 1 saturated heterocycles. The van der Waals surface area contributed by atoms with Crippen molar-refractivity contribution in [3.63, 3.8) is 0 Å². The monoisotopic (exact) mass is 228 g/mol. The van der Waals surface area contributed by atoms with Crippen LogP contribution in [0.25, 0.3) is 0 Å². The van der Waals surface area contributed by atoms with Crippen LogP contribution in [0.15, 0.2) is 0 Å². The molecule has 1 aliphatic carbocycles. The largest absolute Gasteiger partial charge is 0.465 e. The Kier molecular flexibility index (Phi) is 3.22. The Hall–Kier alpha value is -0.610. The van der Waals surface area contributed by atoms with Crippen LogP contribution in [0.3, 0.4) is 0 Å². The van der Waals surface area contributed by atoms with Crippen molar-refractivity contribution in [3.8, 4) is 0 Å². The van der Waals surface area contributed by atoms with Gasteiger partial charge in [0.15, 0.2) is 0 Å². The highest BCUT2D eigenvalue weighted by atomic mass is 16.5. The molecule has 2 fully saturated rings. The van der Waals surface area contributed by atoms with Gasteiger partial charge in [0, 0.05) is 26.1 Å². The molecule has 0 aromatic heterocycles. The minimum absolute atomic E-state index is 0.217. The maximum absolute atomic E-state index is 12.0. The third kappa shape index (κ3) is 1.64. The number of hydrogen-bond acceptors (Lipinski definition) is 4. The van der Waals surface area contributed by atoms with E-state index < -0.39 is 11.0 Å². The number of aliphatic hydroxyl groups is 1. The fourth-order valence-electron chi connectivity index (χ4n) is 2.85. The molecule has 2 rings (SSSR count). The molecule has 1 N–H and O–H groups in total. The quantitative estimate of drug-likeness (QED) is 0.739. The fourth-order valence-corrected chi connectivity index (χ4v) is 2.85. The van der Waals surface area contributed by atoms with Gasteiger partial charge in [0.05, 0.1) is 17.6 Å². The van der Waals surface area contributed by atoms with Gasteiger partial charge in [-0.3, -0.25) is 4.79 Å². The van der Waals surface area contributed by atoms with Gasteiger partial charge >= 0.3 is 5.97 Å². The summed E-state index contributed by atoms with van der Waals surface area (Å²) < 4.78 is 10.4. The smallest absolute Gasteiger partial charge is 0.315 e. The van der Waals surface area contributed by atoms with E-state index in [2.05, 4.69) is 0 Å². The van der Waals surface area contributed by atoms with E-state index in [0.717, 1.165) is 19.3 Å². The van der Waals surface area contributed by atoms with Crippen molar-refractivity contribution in [3.05, 3.63) is 0 Å². The lowest BCUT2D eigenvalue weighted by Crippen LogP contribution is -2.60. The molecule has 1 aliphatic heterocycles. The molecule has 0 amide bonds. The van der Waals surface area contributed by atoms with E-state index in [1.54, 1.807) is 6.92 Å². The van der Waals surface area contributed by atoms with Gasteiger partial charge < -0.3 is 14.6 Å². The maximum atomic E-state index is 12.0. The van der Waals surface area contributed by atoms with Gasteiger partial charge in [-0.1, -0.05) is 6.42 Å². The first-order chi connectivity index (χ1) is 7.65. The van der Waals surface area contributed by atoms with E-state index in [-0.39, 0.29) is 5.97 Å². The molecule has 2 aliphatic rings. The summed E-state index contributed by atoms with van der Waals surface area (Å²) in [4.78, 5) is 12.0. The van der Waals surface area contributed by atoms with Crippen LogP contribution in [0.4, 0.5) is 0 Å².